The maximum Gasteiger partial charge on any atom is 0.0627 e. The van der Waals surface area contributed by atoms with Gasteiger partial charge in [-0.15, -0.1) is 0 Å². The van der Waals surface area contributed by atoms with Gasteiger partial charge in [-0.3, -0.25) is 0 Å². The summed E-state index contributed by atoms with van der Waals surface area (Å²) in [6.45, 7) is 0. The molecule has 0 spiro atoms. The second-order valence-electron chi connectivity index (χ2n) is 21.5. The Bertz CT molecular complexity index is 5790. The number of nitrogens with zero attached hydrogens (tertiary/aromatic N) is 4. The van der Waals surface area contributed by atoms with Gasteiger partial charge >= 0.3 is 0 Å². The first-order valence-electron chi connectivity index (χ1n) is 27.1. The zero-order valence-electron chi connectivity index (χ0n) is 42.0. The quantitative estimate of drug-likeness (QED) is 0.167. The molecule has 78 heavy (non-hydrogen) atoms. The number of rotatable bonds is 4. The molecule has 0 saturated heterocycles. The molecule has 358 valence electrons. The van der Waals surface area contributed by atoms with E-state index in [1.165, 1.54) is 169 Å². The fraction of sp³-hybridized carbons (Fsp3) is 0. The average molecular weight is 987 g/mol. The summed E-state index contributed by atoms with van der Waals surface area (Å²) in [5, 5.41) is 20.4. The smallest absolute Gasteiger partial charge is 0.0627 e. The van der Waals surface area contributed by atoms with Gasteiger partial charge in [-0.1, -0.05) is 170 Å². The number of hydrogen-bond acceptors (Lipinski definition) is 0. The van der Waals surface area contributed by atoms with Gasteiger partial charge in [-0.25, -0.2) is 0 Å². The fourth-order valence-electron chi connectivity index (χ4n) is 14.7. The predicted octanol–water partition coefficient (Wildman–Crippen LogP) is 19.8. The van der Waals surface area contributed by atoms with Crippen LogP contribution in [0.1, 0.15) is 0 Å². The van der Waals surface area contributed by atoms with Gasteiger partial charge in [0.15, 0.2) is 0 Å². The highest BCUT2D eigenvalue weighted by atomic mass is 15.0. The molecule has 13 aromatic carbocycles. The molecular weight excluding hydrogens is 945 g/mol. The lowest BCUT2D eigenvalue weighted by Gasteiger charge is -2.12. The van der Waals surface area contributed by atoms with Gasteiger partial charge in [-0.2, -0.15) is 0 Å². The number of para-hydroxylation sites is 6. The molecule has 0 atom stereocenters. The summed E-state index contributed by atoms with van der Waals surface area (Å²) in [6.07, 6.45) is 0. The third kappa shape index (κ3) is 5.06. The fourth-order valence-corrected chi connectivity index (χ4v) is 14.7. The second-order valence-corrected chi connectivity index (χ2v) is 21.5. The van der Waals surface area contributed by atoms with Gasteiger partial charge in [0.1, 0.15) is 0 Å². The molecule has 0 aliphatic carbocycles. The molecule has 0 amide bonds. The monoisotopic (exact) mass is 986 g/mol. The van der Waals surface area contributed by atoms with Crippen LogP contribution >= 0.6 is 0 Å². The predicted molar refractivity (Wildman–Crippen MR) is 330 cm³/mol. The number of fused-ring (bicyclic) bond motifs is 23. The average Bonchev–Trinajstić information content (AvgIpc) is 3.64. The lowest BCUT2D eigenvalue weighted by atomic mass is 9.93. The maximum absolute atomic E-state index is 2.65. The van der Waals surface area contributed by atoms with Crippen molar-refractivity contribution in [3.8, 4) is 33.6 Å². The van der Waals surface area contributed by atoms with Crippen LogP contribution in [0.4, 0.5) is 0 Å². The first-order chi connectivity index (χ1) is 38.7. The van der Waals surface area contributed by atoms with Crippen molar-refractivity contribution in [1.29, 1.82) is 0 Å². The van der Waals surface area contributed by atoms with Crippen LogP contribution in [-0.4, -0.2) is 17.9 Å². The minimum atomic E-state index is 1.16. The van der Waals surface area contributed by atoms with Crippen LogP contribution in [0.2, 0.25) is 0 Å². The normalized spacial score (nSPS) is 12.6. The van der Waals surface area contributed by atoms with Crippen molar-refractivity contribution in [2.24, 2.45) is 0 Å². The highest BCUT2D eigenvalue weighted by Crippen LogP contribution is 2.52. The molecule has 0 unspecified atom stereocenters. The van der Waals surface area contributed by atoms with E-state index in [-0.39, 0.29) is 0 Å². The van der Waals surface area contributed by atoms with Crippen molar-refractivity contribution < 1.29 is 0 Å². The van der Waals surface area contributed by atoms with Gasteiger partial charge in [0.2, 0.25) is 0 Å². The van der Waals surface area contributed by atoms with Gasteiger partial charge in [0.05, 0.1) is 55.2 Å². The van der Waals surface area contributed by atoms with Crippen molar-refractivity contribution in [2.75, 3.05) is 0 Å². The Morgan fingerprint density at radius 3 is 1.27 bits per heavy atom. The Morgan fingerprint density at radius 1 is 0.205 bits per heavy atom. The van der Waals surface area contributed by atoms with E-state index in [4.69, 9.17) is 0 Å². The number of aromatic nitrogens is 4. The molecule has 0 N–H and O–H groups in total. The highest BCUT2D eigenvalue weighted by Gasteiger charge is 2.29. The van der Waals surface area contributed by atoms with Gasteiger partial charge < -0.3 is 17.9 Å². The van der Waals surface area contributed by atoms with E-state index in [0.717, 1.165) is 5.69 Å². The lowest BCUT2D eigenvalue weighted by molar-refractivity contribution is 1.18. The minimum absolute atomic E-state index is 1.16. The Labute approximate surface area is 445 Å². The summed E-state index contributed by atoms with van der Waals surface area (Å²) in [5.41, 5.74) is 19.5. The van der Waals surface area contributed by atoms with Gasteiger partial charge in [-0.05, 0) is 118 Å². The van der Waals surface area contributed by atoms with Crippen LogP contribution in [0, 0.1) is 0 Å². The van der Waals surface area contributed by atoms with Crippen LogP contribution < -0.4 is 0 Å². The molecule has 6 heterocycles. The van der Waals surface area contributed by atoms with E-state index in [1.807, 2.05) is 0 Å². The zero-order chi connectivity index (χ0) is 50.5. The van der Waals surface area contributed by atoms with Crippen LogP contribution in [-0.2, 0) is 0 Å². The summed E-state index contributed by atoms with van der Waals surface area (Å²) >= 11 is 0. The van der Waals surface area contributed by atoms with Gasteiger partial charge in [0, 0.05) is 87.1 Å². The summed E-state index contributed by atoms with van der Waals surface area (Å²) in [5.74, 6) is 0. The van der Waals surface area contributed by atoms with E-state index >= 15 is 0 Å². The summed E-state index contributed by atoms with van der Waals surface area (Å²) in [4.78, 5) is 0. The molecule has 0 radical (unpaired) electrons. The molecule has 6 aromatic heterocycles. The first kappa shape index (κ1) is 40.9. The van der Waals surface area contributed by atoms with Crippen molar-refractivity contribution in [3.63, 3.8) is 0 Å². The van der Waals surface area contributed by atoms with Crippen molar-refractivity contribution in [1.82, 2.24) is 17.9 Å². The molecular formula is C74H42N4. The van der Waals surface area contributed by atoms with E-state index in [1.54, 1.807) is 0 Å². The third-order valence-corrected chi connectivity index (χ3v) is 17.7. The van der Waals surface area contributed by atoms with Crippen LogP contribution in [0.15, 0.2) is 255 Å². The summed E-state index contributed by atoms with van der Waals surface area (Å²) < 4.78 is 10.1. The molecule has 0 aliphatic rings. The van der Waals surface area contributed by atoms with Crippen LogP contribution in [0.5, 0.6) is 0 Å². The molecule has 0 aliphatic heterocycles. The largest absolute Gasteiger partial charge is 0.309 e. The number of benzene rings is 13. The van der Waals surface area contributed by atoms with Gasteiger partial charge in [0.25, 0.3) is 0 Å². The summed E-state index contributed by atoms with van der Waals surface area (Å²) in [6, 6.07) is 95.3. The van der Waals surface area contributed by atoms with Crippen molar-refractivity contribution in [3.05, 3.63) is 255 Å². The van der Waals surface area contributed by atoms with Crippen molar-refractivity contribution in [2.45, 2.75) is 0 Å². The zero-order valence-corrected chi connectivity index (χ0v) is 42.0. The van der Waals surface area contributed by atoms with Crippen LogP contribution in [0.3, 0.4) is 0 Å². The molecule has 19 rings (SSSR count). The number of hydrogen-bond donors (Lipinski definition) is 0. The Hall–Kier alpha value is -10.4. The molecule has 4 nitrogen and oxygen atoms in total. The highest BCUT2D eigenvalue weighted by molar-refractivity contribution is 6.41. The van der Waals surface area contributed by atoms with E-state index in [0.29, 0.717) is 0 Å². The molecule has 0 saturated carbocycles. The lowest BCUT2D eigenvalue weighted by Crippen LogP contribution is -1.93. The Balaban J connectivity index is 0.932. The standard InChI is InChI=1S/C74H42N4/c1-3-19-47(20-4-1)75-61-31-13-11-25-52(61)58-40-45(33-35-63(58)75)51-27-15-28-54-55-29-16-30-56-67-65(77(71(51)54)72(55)56)37-38-66-68(67)60-42-44-18-8-10-24-50(44)70-69-49-23-9-7-17-43(49)39-57(73(69)78(66)74(60)70)46-34-36-64-59(41-46)53-26-12-14-32-62(53)76(64)48-21-5-2-6-22-48/h1-42H. The van der Waals surface area contributed by atoms with Crippen molar-refractivity contribution >= 4 is 141 Å². The Kier molecular flexibility index (Phi) is 7.71. The topological polar surface area (TPSA) is 18.7 Å². The van der Waals surface area contributed by atoms with E-state index < -0.39 is 0 Å². The summed E-state index contributed by atoms with van der Waals surface area (Å²) in [7, 11) is 0. The van der Waals surface area contributed by atoms with Crippen LogP contribution in [0.25, 0.3) is 175 Å². The first-order valence-corrected chi connectivity index (χ1v) is 27.1. The molecule has 0 bridgehead atoms. The maximum atomic E-state index is 2.65. The molecule has 4 heteroatoms. The van der Waals surface area contributed by atoms with E-state index in [2.05, 4.69) is 273 Å². The third-order valence-electron chi connectivity index (χ3n) is 17.7. The molecule has 0 fully saturated rings. The second kappa shape index (κ2) is 14.7. The Morgan fingerprint density at radius 2 is 0.641 bits per heavy atom. The molecule has 19 aromatic rings. The minimum Gasteiger partial charge on any atom is -0.309 e. The SMILES string of the molecule is c1ccc(-n2c3ccccc3c3cc(-c4cccc5c6cccc7c8c9c%10cc%11ccccc%11c%11c%12c%13ccccc%13cc(-c%13ccc%14c(c%13)c%13ccccc%13n%14-c%13ccccc%13)c%12n(c9ccc8n(c45)c67)c%10%11)ccc32)cc1. The van der Waals surface area contributed by atoms with E-state index in [9.17, 15) is 0 Å².